The molecule has 2 aromatic heterocycles. The lowest BCUT2D eigenvalue weighted by Crippen LogP contribution is -2.19. The van der Waals surface area contributed by atoms with Crippen LogP contribution in [0.3, 0.4) is 0 Å². The number of primary amides is 1. The van der Waals surface area contributed by atoms with E-state index < -0.39 is 12.1 Å². The van der Waals surface area contributed by atoms with E-state index in [1.807, 2.05) is 59.5 Å². The van der Waals surface area contributed by atoms with Crippen LogP contribution in [-0.2, 0) is 4.74 Å². The summed E-state index contributed by atoms with van der Waals surface area (Å²) in [5.74, 6) is -0.910. The Kier molecular flexibility index (Phi) is 4.69. The Hall–Kier alpha value is -3.78. The first-order chi connectivity index (χ1) is 13.6. The van der Waals surface area contributed by atoms with E-state index in [0.717, 1.165) is 21.0 Å². The number of benzene rings is 2. The first-order valence-electron chi connectivity index (χ1n) is 8.30. The number of esters is 1. The van der Waals surface area contributed by atoms with E-state index in [-0.39, 0.29) is 5.69 Å². The molecule has 0 fully saturated rings. The molecule has 7 nitrogen and oxygen atoms in total. The van der Waals surface area contributed by atoms with Crippen LogP contribution in [0.4, 0.5) is 21.3 Å². The molecule has 0 aliphatic heterocycles. The van der Waals surface area contributed by atoms with Gasteiger partial charge in [-0.05, 0) is 36.4 Å². The molecule has 0 saturated heterocycles. The van der Waals surface area contributed by atoms with E-state index in [1.165, 1.54) is 23.6 Å². The molecular formula is C20H14N4O3S. The Bertz CT molecular complexity index is 1130. The zero-order valence-electron chi connectivity index (χ0n) is 14.5. The number of carbonyl (C=O) groups excluding carboxylic acids is 2. The fourth-order valence-electron chi connectivity index (χ4n) is 2.72. The van der Waals surface area contributed by atoms with E-state index in [1.54, 1.807) is 6.07 Å². The standard InChI is InChI=1S/C20H14N4O3S/c21-19(26)27-18(25)16-12-14(10-11-22-16)24(13-6-2-1-3-7-13)20-23-15-8-4-5-9-17(15)28-20/h1-12H,(H2,21,26). The minimum Gasteiger partial charge on any atom is -0.372 e. The van der Waals surface area contributed by atoms with Gasteiger partial charge < -0.3 is 10.5 Å². The van der Waals surface area contributed by atoms with Gasteiger partial charge in [0.1, 0.15) is 0 Å². The van der Waals surface area contributed by atoms with Gasteiger partial charge in [0.05, 0.1) is 15.9 Å². The first kappa shape index (κ1) is 17.6. The second-order valence-corrected chi connectivity index (χ2v) is 6.75. The van der Waals surface area contributed by atoms with Crippen LogP contribution in [0.15, 0.2) is 72.9 Å². The highest BCUT2D eigenvalue weighted by Crippen LogP contribution is 2.38. The van der Waals surface area contributed by atoms with E-state index in [0.29, 0.717) is 5.69 Å². The van der Waals surface area contributed by atoms with Crippen LogP contribution < -0.4 is 10.6 Å². The molecule has 2 N–H and O–H groups in total. The molecule has 1 amide bonds. The van der Waals surface area contributed by atoms with Crippen LogP contribution in [0.25, 0.3) is 10.2 Å². The third-order valence-corrected chi connectivity index (χ3v) is 4.91. The summed E-state index contributed by atoms with van der Waals surface area (Å²) in [4.78, 5) is 33.5. The Labute approximate surface area is 164 Å². The number of carbonyl (C=O) groups is 2. The van der Waals surface area contributed by atoms with Crippen molar-refractivity contribution in [3.8, 4) is 0 Å². The minimum absolute atomic E-state index is 0.0293. The van der Waals surface area contributed by atoms with Crippen LogP contribution in [0.5, 0.6) is 0 Å². The Morgan fingerprint density at radius 1 is 0.964 bits per heavy atom. The van der Waals surface area contributed by atoms with Gasteiger partial charge in [-0.3, -0.25) is 4.90 Å². The third kappa shape index (κ3) is 3.53. The quantitative estimate of drug-likeness (QED) is 0.410. The highest BCUT2D eigenvalue weighted by Gasteiger charge is 2.19. The summed E-state index contributed by atoms with van der Waals surface area (Å²) in [5, 5.41) is 0.729. The maximum Gasteiger partial charge on any atom is 0.412 e. The smallest absolute Gasteiger partial charge is 0.372 e. The van der Waals surface area contributed by atoms with Crippen LogP contribution >= 0.6 is 11.3 Å². The van der Waals surface area contributed by atoms with Crippen molar-refractivity contribution in [2.24, 2.45) is 5.73 Å². The lowest BCUT2D eigenvalue weighted by atomic mass is 10.2. The van der Waals surface area contributed by atoms with Crippen molar-refractivity contribution in [1.29, 1.82) is 0 Å². The predicted octanol–water partition coefficient (Wildman–Crippen LogP) is 4.40. The second-order valence-electron chi connectivity index (χ2n) is 5.74. The first-order valence-corrected chi connectivity index (χ1v) is 9.12. The van der Waals surface area contributed by atoms with Gasteiger partial charge >= 0.3 is 12.1 Å². The predicted molar refractivity (Wildman–Crippen MR) is 107 cm³/mol. The molecule has 0 radical (unpaired) electrons. The van der Waals surface area contributed by atoms with Crippen LogP contribution in [0.1, 0.15) is 10.5 Å². The van der Waals surface area contributed by atoms with Gasteiger partial charge in [-0.1, -0.05) is 41.7 Å². The van der Waals surface area contributed by atoms with Gasteiger partial charge in [-0.15, -0.1) is 0 Å². The summed E-state index contributed by atoms with van der Waals surface area (Å²) in [6.45, 7) is 0. The lowest BCUT2D eigenvalue weighted by Gasteiger charge is -2.22. The molecule has 2 heterocycles. The normalized spacial score (nSPS) is 10.6. The number of aromatic nitrogens is 2. The van der Waals surface area contributed by atoms with Gasteiger partial charge in [0.25, 0.3) is 0 Å². The molecule has 4 aromatic rings. The number of hydrogen-bond acceptors (Lipinski definition) is 7. The molecule has 0 aliphatic rings. The number of amides is 1. The van der Waals surface area contributed by atoms with Gasteiger partial charge in [0, 0.05) is 11.9 Å². The van der Waals surface area contributed by atoms with Crippen molar-refractivity contribution < 1.29 is 14.3 Å². The Morgan fingerprint density at radius 3 is 2.46 bits per heavy atom. The number of para-hydroxylation sites is 2. The highest BCUT2D eigenvalue weighted by molar-refractivity contribution is 7.22. The van der Waals surface area contributed by atoms with Crippen LogP contribution in [0, 0.1) is 0 Å². The van der Waals surface area contributed by atoms with Crippen molar-refractivity contribution in [1.82, 2.24) is 9.97 Å². The molecule has 0 unspecified atom stereocenters. The van der Waals surface area contributed by atoms with Crippen LogP contribution in [0.2, 0.25) is 0 Å². The summed E-state index contributed by atoms with van der Waals surface area (Å²) < 4.78 is 5.48. The van der Waals surface area contributed by atoms with E-state index in [4.69, 9.17) is 10.7 Å². The van der Waals surface area contributed by atoms with Crippen molar-refractivity contribution >= 4 is 50.1 Å². The van der Waals surface area contributed by atoms with Crippen molar-refractivity contribution in [2.75, 3.05) is 4.90 Å². The molecule has 28 heavy (non-hydrogen) atoms. The molecule has 0 aliphatic carbocycles. The maximum absolute atomic E-state index is 12.0. The molecule has 138 valence electrons. The van der Waals surface area contributed by atoms with Crippen molar-refractivity contribution in [3.63, 3.8) is 0 Å². The number of fused-ring (bicyclic) bond motifs is 1. The van der Waals surface area contributed by atoms with E-state index in [9.17, 15) is 9.59 Å². The molecule has 0 spiro atoms. The molecule has 2 aromatic carbocycles. The molecule has 8 heteroatoms. The maximum atomic E-state index is 12.0. The van der Waals surface area contributed by atoms with Gasteiger partial charge in [-0.2, -0.15) is 0 Å². The number of nitrogens with two attached hydrogens (primary N) is 1. The summed E-state index contributed by atoms with van der Waals surface area (Å²) in [7, 11) is 0. The summed E-state index contributed by atoms with van der Waals surface area (Å²) >= 11 is 1.52. The zero-order chi connectivity index (χ0) is 19.5. The minimum atomic E-state index is -1.18. The number of ether oxygens (including phenoxy) is 1. The molecule has 0 bridgehead atoms. The Morgan fingerprint density at radius 2 is 1.71 bits per heavy atom. The van der Waals surface area contributed by atoms with Crippen molar-refractivity contribution in [2.45, 2.75) is 0 Å². The topological polar surface area (TPSA) is 98.4 Å². The summed E-state index contributed by atoms with van der Waals surface area (Å²) in [5.41, 5.74) is 7.29. The number of pyridine rings is 1. The van der Waals surface area contributed by atoms with E-state index >= 15 is 0 Å². The van der Waals surface area contributed by atoms with Gasteiger partial charge in [0.15, 0.2) is 10.8 Å². The van der Waals surface area contributed by atoms with E-state index in [2.05, 4.69) is 9.72 Å². The van der Waals surface area contributed by atoms with Crippen molar-refractivity contribution in [3.05, 3.63) is 78.6 Å². The average Bonchev–Trinajstić information content (AvgIpc) is 3.12. The summed E-state index contributed by atoms with van der Waals surface area (Å²) in [6, 6.07) is 20.7. The zero-order valence-corrected chi connectivity index (χ0v) is 15.3. The van der Waals surface area contributed by atoms with Gasteiger partial charge in [0.2, 0.25) is 0 Å². The number of thiazole rings is 1. The number of hydrogen-bond donors (Lipinski definition) is 1. The van der Waals surface area contributed by atoms with Crippen LogP contribution in [-0.4, -0.2) is 22.0 Å². The second kappa shape index (κ2) is 7.45. The monoisotopic (exact) mass is 390 g/mol. The molecule has 0 atom stereocenters. The lowest BCUT2D eigenvalue weighted by molar-refractivity contribution is 0.0632. The molecule has 0 saturated carbocycles. The third-order valence-electron chi connectivity index (χ3n) is 3.89. The Balaban J connectivity index is 1.82. The SMILES string of the molecule is NC(=O)OC(=O)c1cc(N(c2ccccc2)c2nc3ccccc3s2)ccn1. The average molecular weight is 390 g/mol. The largest absolute Gasteiger partial charge is 0.412 e. The highest BCUT2D eigenvalue weighted by atomic mass is 32.1. The number of anilines is 3. The molecule has 4 rings (SSSR count). The van der Waals surface area contributed by atoms with Gasteiger partial charge in [-0.25, -0.2) is 19.6 Å². The fraction of sp³-hybridized carbons (Fsp3) is 0. The number of rotatable bonds is 4. The molecular weight excluding hydrogens is 376 g/mol. The fourth-order valence-corrected chi connectivity index (χ4v) is 3.72. The summed E-state index contributed by atoms with van der Waals surface area (Å²) in [6.07, 6.45) is 0.291. The number of nitrogens with zero attached hydrogens (tertiary/aromatic N) is 3.